The van der Waals surface area contributed by atoms with Gasteiger partial charge in [0.2, 0.25) is 0 Å². The molecule has 2 N–H and O–H groups in total. The van der Waals surface area contributed by atoms with Gasteiger partial charge in [-0.3, -0.25) is 0 Å². The Kier molecular flexibility index (Phi) is 6.11. The number of hydrogen-bond acceptors (Lipinski definition) is 6. The number of nitrogens with zero attached hydrogens (tertiary/aromatic N) is 2. The molecule has 27 heavy (non-hydrogen) atoms. The Morgan fingerprint density at radius 2 is 1.96 bits per heavy atom. The van der Waals surface area contributed by atoms with Crippen LogP contribution in [0.4, 0.5) is 0 Å². The van der Waals surface area contributed by atoms with Crippen LogP contribution in [0, 0.1) is 0 Å². The molecule has 2 heterocycles. The number of aromatic nitrogens is 2. The normalized spacial score (nSPS) is 12.7. The predicted octanol–water partition coefficient (Wildman–Crippen LogP) is 3.87. The van der Waals surface area contributed by atoms with Crippen LogP contribution in [0.2, 0.25) is 5.15 Å². The van der Waals surface area contributed by atoms with Crippen LogP contribution in [-0.4, -0.2) is 33.8 Å². The van der Waals surface area contributed by atoms with Gasteiger partial charge in [-0.25, -0.2) is 9.97 Å². The SMILES string of the molecule is CC(C)(COc1ccc(-c2cocn2)cc1)NC[C@H](O)c1ccc(Cl)nc1. The van der Waals surface area contributed by atoms with Gasteiger partial charge in [0.25, 0.3) is 0 Å². The highest BCUT2D eigenvalue weighted by Gasteiger charge is 2.20. The minimum atomic E-state index is -0.671. The Hall–Kier alpha value is -2.41. The van der Waals surface area contributed by atoms with E-state index in [0.717, 1.165) is 17.0 Å². The van der Waals surface area contributed by atoms with Crippen LogP contribution < -0.4 is 10.1 Å². The molecule has 0 radical (unpaired) electrons. The van der Waals surface area contributed by atoms with Gasteiger partial charge in [0.1, 0.15) is 29.5 Å². The molecule has 0 bridgehead atoms. The molecule has 1 aromatic carbocycles. The molecule has 0 aliphatic rings. The van der Waals surface area contributed by atoms with Crippen molar-refractivity contribution in [3.63, 3.8) is 0 Å². The monoisotopic (exact) mass is 387 g/mol. The van der Waals surface area contributed by atoms with Crippen molar-refractivity contribution in [2.24, 2.45) is 0 Å². The molecule has 7 heteroatoms. The zero-order chi connectivity index (χ0) is 19.3. The molecule has 0 aliphatic heterocycles. The number of pyridine rings is 1. The number of aliphatic hydroxyl groups is 1. The van der Waals surface area contributed by atoms with E-state index in [9.17, 15) is 5.11 Å². The quantitative estimate of drug-likeness (QED) is 0.571. The zero-order valence-electron chi connectivity index (χ0n) is 15.2. The number of aliphatic hydroxyl groups excluding tert-OH is 1. The molecule has 2 aromatic heterocycles. The highest BCUT2D eigenvalue weighted by Crippen LogP contribution is 2.21. The summed E-state index contributed by atoms with van der Waals surface area (Å²) in [6.07, 6.45) is 3.91. The van der Waals surface area contributed by atoms with Crippen LogP contribution in [0.25, 0.3) is 11.3 Å². The Bertz CT molecular complexity index is 834. The summed E-state index contributed by atoms with van der Waals surface area (Å²) in [5.74, 6) is 0.763. The van der Waals surface area contributed by atoms with Crippen molar-refractivity contribution in [3.8, 4) is 17.0 Å². The van der Waals surface area contributed by atoms with Crippen LogP contribution in [0.1, 0.15) is 25.5 Å². The first-order valence-electron chi connectivity index (χ1n) is 8.59. The summed E-state index contributed by atoms with van der Waals surface area (Å²) in [6.45, 7) is 4.86. The lowest BCUT2D eigenvalue weighted by Gasteiger charge is -2.28. The smallest absolute Gasteiger partial charge is 0.181 e. The van der Waals surface area contributed by atoms with Crippen molar-refractivity contribution >= 4 is 11.6 Å². The summed E-state index contributed by atoms with van der Waals surface area (Å²) in [5, 5.41) is 14.0. The molecule has 3 rings (SSSR count). The first-order valence-corrected chi connectivity index (χ1v) is 8.97. The van der Waals surface area contributed by atoms with Gasteiger partial charge in [-0.1, -0.05) is 17.7 Å². The van der Waals surface area contributed by atoms with E-state index in [2.05, 4.69) is 15.3 Å². The topological polar surface area (TPSA) is 80.4 Å². The lowest BCUT2D eigenvalue weighted by Crippen LogP contribution is -2.46. The standard InChI is InChI=1S/C20H22ClN3O3/c1-20(2,24-10-18(25)15-5-8-19(21)22-9-15)12-27-16-6-3-14(4-7-16)17-11-26-13-23-17/h3-9,11,13,18,24-25H,10,12H2,1-2H3/t18-/m0/s1. The second-order valence-electron chi connectivity index (χ2n) is 6.88. The van der Waals surface area contributed by atoms with E-state index in [1.165, 1.54) is 6.39 Å². The molecular weight excluding hydrogens is 366 g/mol. The number of hydrogen-bond donors (Lipinski definition) is 2. The van der Waals surface area contributed by atoms with Gasteiger partial charge in [0.15, 0.2) is 6.39 Å². The number of benzene rings is 1. The minimum Gasteiger partial charge on any atom is -0.492 e. The summed E-state index contributed by atoms with van der Waals surface area (Å²) in [5.41, 5.74) is 2.14. The molecule has 1 atom stereocenters. The molecule has 6 nitrogen and oxygen atoms in total. The van der Waals surface area contributed by atoms with E-state index in [0.29, 0.717) is 23.9 Å². The van der Waals surface area contributed by atoms with E-state index in [-0.39, 0.29) is 5.54 Å². The third-order valence-electron chi connectivity index (χ3n) is 4.09. The van der Waals surface area contributed by atoms with Crippen molar-refractivity contribution in [2.45, 2.75) is 25.5 Å². The number of β-amino-alcohol motifs (C(OH)–C–C–N with tert-alkyl or cyclic N) is 1. The number of rotatable bonds is 8. The van der Waals surface area contributed by atoms with Crippen molar-refractivity contribution < 1.29 is 14.3 Å². The van der Waals surface area contributed by atoms with Crippen LogP contribution in [0.3, 0.4) is 0 Å². The molecule has 0 fully saturated rings. The maximum absolute atomic E-state index is 10.3. The van der Waals surface area contributed by atoms with E-state index in [1.54, 1.807) is 24.6 Å². The van der Waals surface area contributed by atoms with E-state index < -0.39 is 6.10 Å². The fourth-order valence-electron chi connectivity index (χ4n) is 2.47. The van der Waals surface area contributed by atoms with Gasteiger partial charge in [-0.05, 0) is 44.2 Å². The van der Waals surface area contributed by atoms with Gasteiger partial charge in [0.05, 0.1) is 6.10 Å². The Morgan fingerprint density at radius 3 is 2.59 bits per heavy atom. The highest BCUT2D eigenvalue weighted by molar-refractivity contribution is 6.29. The molecule has 142 valence electrons. The molecule has 0 saturated carbocycles. The molecule has 0 unspecified atom stereocenters. The maximum Gasteiger partial charge on any atom is 0.181 e. The molecule has 0 spiro atoms. The molecule has 0 amide bonds. The lowest BCUT2D eigenvalue weighted by atomic mass is 10.1. The van der Waals surface area contributed by atoms with E-state index in [4.69, 9.17) is 20.8 Å². The summed E-state index contributed by atoms with van der Waals surface area (Å²) >= 11 is 5.77. The number of oxazole rings is 1. The first-order chi connectivity index (χ1) is 12.9. The third-order valence-corrected chi connectivity index (χ3v) is 4.31. The highest BCUT2D eigenvalue weighted by atomic mass is 35.5. The van der Waals surface area contributed by atoms with Crippen molar-refractivity contribution in [2.75, 3.05) is 13.2 Å². The van der Waals surface area contributed by atoms with Gasteiger partial charge in [-0.2, -0.15) is 0 Å². The molecule has 3 aromatic rings. The van der Waals surface area contributed by atoms with Crippen LogP contribution >= 0.6 is 11.6 Å². The second kappa shape index (κ2) is 8.52. The minimum absolute atomic E-state index is 0.328. The Balaban J connectivity index is 1.49. The Morgan fingerprint density at radius 1 is 1.19 bits per heavy atom. The number of ether oxygens (including phenoxy) is 1. The Labute approximate surface area is 163 Å². The van der Waals surface area contributed by atoms with Crippen LogP contribution in [0.15, 0.2) is 59.7 Å². The third kappa shape index (κ3) is 5.53. The van der Waals surface area contributed by atoms with Crippen LogP contribution in [-0.2, 0) is 0 Å². The van der Waals surface area contributed by atoms with Gasteiger partial charge >= 0.3 is 0 Å². The van der Waals surface area contributed by atoms with Crippen LogP contribution in [0.5, 0.6) is 5.75 Å². The van der Waals surface area contributed by atoms with Gasteiger partial charge < -0.3 is 19.6 Å². The van der Waals surface area contributed by atoms with Crippen molar-refractivity contribution in [3.05, 3.63) is 66.0 Å². The number of nitrogens with one attached hydrogen (secondary N) is 1. The fourth-order valence-corrected chi connectivity index (χ4v) is 2.58. The summed E-state index contributed by atoms with van der Waals surface area (Å²) in [4.78, 5) is 8.11. The molecule has 0 aliphatic carbocycles. The van der Waals surface area contributed by atoms with Crippen molar-refractivity contribution in [1.29, 1.82) is 0 Å². The average Bonchev–Trinajstić information content (AvgIpc) is 3.20. The lowest BCUT2D eigenvalue weighted by molar-refractivity contribution is 0.142. The van der Waals surface area contributed by atoms with Gasteiger partial charge in [-0.15, -0.1) is 0 Å². The first kappa shape index (κ1) is 19.4. The molecular formula is C20H22ClN3O3. The fraction of sp³-hybridized carbons (Fsp3) is 0.300. The maximum atomic E-state index is 10.3. The zero-order valence-corrected chi connectivity index (χ0v) is 16.0. The largest absolute Gasteiger partial charge is 0.492 e. The second-order valence-corrected chi connectivity index (χ2v) is 7.27. The van der Waals surface area contributed by atoms with Gasteiger partial charge in [0, 0.05) is 29.4 Å². The number of halogens is 1. The van der Waals surface area contributed by atoms with Crippen molar-refractivity contribution in [1.82, 2.24) is 15.3 Å². The summed E-state index contributed by atoms with van der Waals surface area (Å²) < 4.78 is 10.9. The predicted molar refractivity (Wildman–Crippen MR) is 104 cm³/mol. The summed E-state index contributed by atoms with van der Waals surface area (Å²) in [6, 6.07) is 11.1. The van der Waals surface area contributed by atoms with E-state index >= 15 is 0 Å². The van der Waals surface area contributed by atoms with E-state index in [1.807, 2.05) is 38.1 Å². The summed E-state index contributed by atoms with van der Waals surface area (Å²) in [7, 11) is 0. The molecule has 0 saturated heterocycles. The average molecular weight is 388 g/mol.